The first kappa shape index (κ1) is 19.8. The fourth-order valence-electron chi connectivity index (χ4n) is 3.25. The van der Waals surface area contributed by atoms with E-state index in [-0.39, 0.29) is 11.2 Å². The maximum atomic E-state index is 12.4. The summed E-state index contributed by atoms with van der Waals surface area (Å²) < 4.78 is 7.23. The van der Waals surface area contributed by atoms with Crippen molar-refractivity contribution in [3.8, 4) is 22.8 Å². The first-order valence-corrected chi connectivity index (χ1v) is 10.7. The minimum absolute atomic E-state index is 0.0594. The number of ether oxygens (including phenoxy) is 1. The van der Waals surface area contributed by atoms with Gasteiger partial charge in [-0.15, -0.1) is 10.2 Å². The number of methoxy groups -OCH3 is 1. The molecule has 2 aromatic carbocycles. The van der Waals surface area contributed by atoms with Crippen LogP contribution >= 0.6 is 23.4 Å². The highest BCUT2D eigenvalue weighted by atomic mass is 35.5. The quantitative estimate of drug-likeness (QED) is 0.654. The highest BCUT2D eigenvalue weighted by Crippen LogP contribution is 2.33. The van der Waals surface area contributed by atoms with Crippen LogP contribution in [-0.2, 0) is 4.79 Å². The smallest absolute Gasteiger partial charge is 0.233 e. The zero-order chi connectivity index (χ0) is 20.2. The van der Waals surface area contributed by atoms with Gasteiger partial charge in [0.2, 0.25) is 5.91 Å². The number of halogens is 1. The Balaban J connectivity index is 1.75. The Morgan fingerprint density at radius 1 is 1.10 bits per heavy atom. The second kappa shape index (κ2) is 8.88. The lowest BCUT2D eigenvalue weighted by Crippen LogP contribution is -2.30. The zero-order valence-corrected chi connectivity index (χ0v) is 17.5. The molecule has 1 aromatic heterocycles. The van der Waals surface area contributed by atoms with Gasteiger partial charge in [-0.3, -0.25) is 9.36 Å². The van der Waals surface area contributed by atoms with Gasteiger partial charge in [-0.2, -0.15) is 0 Å². The van der Waals surface area contributed by atoms with Crippen LogP contribution in [-0.4, -0.2) is 39.6 Å². The van der Waals surface area contributed by atoms with Crippen molar-refractivity contribution >= 4 is 29.3 Å². The topological polar surface area (TPSA) is 69.0 Å². The fraction of sp³-hybridized carbons (Fsp3) is 0.286. The predicted molar refractivity (Wildman–Crippen MR) is 115 cm³/mol. The van der Waals surface area contributed by atoms with Gasteiger partial charge in [0.15, 0.2) is 11.0 Å². The highest BCUT2D eigenvalue weighted by Gasteiger charge is 2.26. The summed E-state index contributed by atoms with van der Waals surface area (Å²) >= 11 is 7.54. The zero-order valence-electron chi connectivity index (χ0n) is 16.0. The van der Waals surface area contributed by atoms with Gasteiger partial charge in [0.1, 0.15) is 5.75 Å². The normalized spacial score (nSPS) is 16.9. The molecule has 1 fully saturated rings. The van der Waals surface area contributed by atoms with E-state index in [1.165, 1.54) is 11.8 Å². The van der Waals surface area contributed by atoms with Gasteiger partial charge in [-0.25, -0.2) is 0 Å². The molecule has 8 heteroatoms. The lowest BCUT2D eigenvalue weighted by atomic mass is 10.2. The van der Waals surface area contributed by atoms with Crippen molar-refractivity contribution in [3.63, 3.8) is 0 Å². The average Bonchev–Trinajstić information content (AvgIpc) is 3.05. The van der Waals surface area contributed by atoms with Crippen molar-refractivity contribution < 1.29 is 9.53 Å². The third-order valence-electron chi connectivity index (χ3n) is 4.80. The van der Waals surface area contributed by atoms with E-state index >= 15 is 0 Å². The van der Waals surface area contributed by atoms with E-state index in [1.54, 1.807) is 7.11 Å². The van der Waals surface area contributed by atoms with Gasteiger partial charge in [0.05, 0.1) is 12.4 Å². The number of carbonyl (C=O) groups excluding carboxylic acids is 1. The number of thioether (sulfide) groups is 1. The number of aromatic nitrogens is 3. The van der Waals surface area contributed by atoms with Gasteiger partial charge < -0.3 is 10.1 Å². The third-order valence-corrected chi connectivity index (χ3v) is 6.26. The van der Waals surface area contributed by atoms with E-state index < -0.39 is 0 Å². The lowest BCUT2D eigenvalue weighted by Gasteiger charge is -2.15. The summed E-state index contributed by atoms with van der Waals surface area (Å²) in [5, 5.41) is 13.0. The van der Waals surface area contributed by atoms with Gasteiger partial charge >= 0.3 is 0 Å². The van der Waals surface area contributed by atoms with Crippen LogP contribution in [0, 0.1) is 0 Å². The maximum absolute atomic E-state index is 12.4. The molecule has 29 heavy (non-hydrogen) atoms. The standard InChI is InChI=1S/C21H21ClN4O2S/c1-28-17-11-5-14(6-12-17)19-24-25-21(26(19)16-9-7-15(22)8-10-16)29-18-4-2-3-13-23-20(18)27/h5-12,18H,2-4,13H2,1H3,(H,23,27). The number of hydrogen-bond acceptors (Lipinski definition) is 5. The molecular formula is C21H21ClN4O2S. The largest absolute Gasteiger partial charge is 0.497 e. The highest BCUT2D eigenvalue weighted by molar-refractivity contribution is 8.00. The van der Waals surface area contributed by atoms with Crippen LogP contribution in [0.5, 0.6) is 5.75 Å². The molecular weight excluding hydrogens is 408 g/mol. The molecule has 0 saturated carbocycles. The van der Waals surface area contributed by atoms with Crippen molar-refractivity contribution in [1.82, 2.24) is 20.1 Å². The third kappa shape index (κ3) is 4.41. The Kier molecular flexibility index (Phi) is 6.06. The van der Waals surface area contributed by atoms with Crippen molar-refractivity contribution in [2.75, 3.05) is 13.7 Å². The summed E-state index contributed by atoms with van der Waals surface area (Å²) in [6, 6.07) is 15.2. The molecule has 0 spiro atoms. The number of nitrogens with one attached hydrogen (secondary N) is 1. The maximum Gasteiger partial charge on any atom is 0.233 e. The lowest BCUT2D eigenvalue weighted by molar-refractivity contribution is -0.120. The Morgan fingerprint density at radius 2 is 1.86 bits per heavy atom. The van der Waals surface area contributed by atoms with Gasteiger partial charge in [0.25, 0.3) is 0 Å². The molecule has 6 nitrogen and oxygen atoms in total. The van der Waals surface area contributed by atoms with Crippen molar-refractivity contribution in [3.05, 3.63) is 53.6 Å². The van der Waals surface area contributed by atoms with Gasteiger partial charge in [0, 0.05) is 22.8 Å². The van der Waals surface area contributed by atoms with E-state index in [0.29, 0.717) is 16.0 Å². The van der Waals surface area contributed by atoms with Gasteiger partial charge in [-0.05, 0) is 61.4 Å². The summed E-state index contributed by atoms with van der Waals surface area (Å²) in [4.78, 5) is 12.4. The molecule has 1 aliphatic heterocycles. The van der Waals surface area contributed by atoms with Crippen LogP contribution in [0.25, 0.3) is 17.1 Å². The van der Waals surface area contributed by atoms with Crippen molar-refractivity contribution in [1.29, 1.82) is 0 Å². The van der Waals surface area contributed by atoms with Gasteiger partial charge in [-0.1, -0.05) is 29.8 Å². The average molecular weight is 429 g/mol. The second-order valence-electron chi connectivity index (χ2n) is 6.74. The number of hydrogen-bond donors (Lipinski definition) is 1. The number of amides is 1. The van der Waals surface area contributed by atoms with Crippen LogP contribution in [0.4, 0.5) is 0 Å². The Hall–Kier alpha value is -2.51. The van der Waals surface area contributed by atoms with E-state index in [9.17, 15) is 4.79 Å². The molecule has 1 unspecified atom stereocenters. The number of benzene rings is 2. The Bertz CT molecular complexity index is 989. The molecule has 1 N–H and O–H groups in total. The number of rotatable bonds is 5. The first-order chi connectivity index (χ1) is 14.2. The van der Waals surface area contributed by atoms with Crippen molar-refractivity contribution in [2.45, 2.75) is 29.7 Å². The monoisotopic (exact) mass is 428 g/mol. The van der Waals surface area contributed by atoms with Crippen LogP contribution < -0.4 is 10.1 Å². The molecule has 0 aliphatic carbocycles. The molecule has 4 rings (SSSR count). The van der Waals surface area contributed by atoms with Crippen LogP contribution in [0.2, 0.25) is 5.02 Å². The molecule has 1 atom stereocenters. The van der Waals surface area contributed by atoms with Crippen LogP contribution in [0.15, 0.2) is 53.7 Å². The van der Waals surface area contributed by atoms with E-state index in [2.05, 4.69) is 15.5 Å². The molecule has 1 aliphatic rings. The van der Waals surface area contributed by atoms with E-state index in [4.69, 9.17) is 16.3 Å². The molecule has 1 amide bonds. The van der Waals surface area contributed by atoms with Crippen LogP contribution in [0.3, 0.4) is 0 Å². The number of nitrogens with zero attached hydrogens (tertiary/aromatic N) is 3. The summed E-state index contributed by atoms with van der Waals surface area (Å²) in [5.74, 6) is 1.53. The number of carbonyl (C=O) groups is 1. The predicted octanol–water partition coefficient (Wildman–Crippen LogP) is 4.36. The molecule has 3 aromatic rings. The minimum Gasteiger partial charge on any atom is -0.497 e. The summed E-state index contributed by atoms with van der Waals surface area (Å²) in [6.07, 6.45) is 2.84. The second-order valence-corrected chi connectivity index (χ2v) is 8.35. The molecule has 150 valence electrons. The fourth-order valence-corrected chi connectivity index (χ4v) is 4.49. The first-order valence-electron chi connectivity index (χ1n) is 9.46. The molecule has 0 bridgehead atoms. The van der Waals surface area contributed by atoms with E-state index in [0.717, 1.165) is 42.8 Å². The summed E-state index contributed by atoms with van der Waals surface area (Å²) in [5.41, 5.74) is 1.80. The Labute approximate surface area is 178 Å². The van der Waals surface area contributed by atoms with Crippen molar-refractivity contribution in [2.24, 2.45) is 0 Å². The Morgan fingerprint density at radius 3 is 2.59 bits per heavy atom. The molecule has 1 saturated heterocycles. The minimum atomic E-state index is -0.184. The summed E-state index contributed by atoms with van der Waals surface area (Å²) in [7, 11) is 1.64. The van der Waals surface area contributed by atoms with Crippen LogP contribution in [0.1, 0.15) is 19.3 Å². The van der Waals surface area contributed by atoms with E-state index in [1.807, 2.05) is 53.1 Å². The summed E-state index contributed by atoms with van der Waals surface area (Å²) in [6.45, 7) is 0.733. The molecule has 0 radical (unpaired) electrons. The SMILES string of the molecule is COc1ccc(-c2nnc(SC3CCCCNC3=O)n2-c2ccc(Cl)cc2)cc1. The molecule has 2 heterocycles.